The number of nitrogens with zero attached hydrogens (tertiary/aromatic N) is 5. The zero-order chi connectivity index (χ0) is 23.6. The highest BCUT2D eigenvalue weighted by molar-refractivity contribution is 7.16. The molecule has 0 fully saturated rings. The van der Waals surface area contributed by atoms with Gasteiger partial charge in [-0.15, -0.1) is 10.2 Å². The molecule has 0 aliphatic carbocycles. The number of benzene rings is 2. The number of rotatable bonds is 8. The van der Waals surface area contributed by atoms with Crippen LogP contribution in [0.2, 0.25) is 10.0 Å². The molecular formula is C24H30Cl2N5S2+. The lowest BCUT2D eigenvalue weighted by Gasteiger charge is -2.32. The molecule has 0 saturated carbocycles. The SMILES string of the molecule is CCn1/c(=N/N=c2\sc3cc(Cl)ccc3n2CCC[N+](C)(CC)CC)sc2cc(Cl)ccc21. The molecule has 0 atom stereocenters. The maximum Gasteiger partial charge on any atom is 0.211 e. The highest BCUT2D eigenvalue weighted by Gasteiger charge is 2.16. The third-order valence-corrected chi connectivity index (χ3v) is 8.97. The van der Waals surface area contributed by atoms with Gasteiger partial charge < -0.3 is 13.6 Å². The molecule has 2 aromatic carbocycles. The van der Waals surface area contributed by atoms with Gasteiger partial charge in [-0.2, -0.15) is 0 Å². The summed E-state index contributed by atoms with van der Waals surface area (Å²) in [6, 6.07) is 12.0. The fourth-order valence-corrected chi connectivity index (χ4v) is 6.61. The van der Waals surface area contributed by atoms with Crippen molar-refractivity contribution in [1.29, 1.82) is 0 Å². The maximum atomic E-state index is 6.28. The number of hydrogen-bond acceptors (Lipinski definition) is 4. The number of quaternary nitrogens is 1. The van der Waals surface area contributed by atoms with Gasteiger partial charge in [0, 0.05) is 29.6 Å². The normalized spacial score (nSPS) is 13.6. The van der Waals surface area contributed by atoms with Crippen LogP contribution in [-0.2, 0) is 13.1 Å². The summed E-state index contributed by atoms with van der Waals surface area (Å²) in [6.45, 7) is 11.8. The van der Waals surface area contributed by atoms with E-state index in [0.29, 0.717) is 0 Å². The Bertz CT molecular complexity index is 1410. The molecule has 0 radical (unpaired) electrons. The molecule has 2 heterocycles. The third kappa shape index (κ3) is 5.23. The quantitative estimate of drug-likeness (QED) is 0.191. The highest BCUT2D eigenvalue weighted by Crippen LogP contribution is 2.23. The zero-order valence-electron chi connectivity index (χ0n) is 19.5. The van der Waals surface area contributed by atoms with Crippen LogP contribution in [0, 0.1) is 0 Å². The van der Waals surface area contributed by atoms with Crippen molar-refractivity contribution in [3.63, 3.8) is 0 Å². The molecular weight excluding hydrogens is 493 g/mol. The van der Waals surface area contributed by atoms with Crippen molar-refractivity contribution in [2.24, 2.45) is 10.2 Å². The van der Waals surface area contributed by atoms with Crippen LogP contribution in [0.4, 0.5) is 0 Å². The zero-order valence-corrected chi connectivity index (χ0v) is 22.7. The number of aryl methyl sites for hydroxylation is 2. The highest BCUT2D eigenvalue weighted by atomic mass is 35.5. The van der Waals surface area contributed by atoms with Crippen LogP contribution in [0.25, 0.3) is 20.4 Å². The topological polar surface area (TPSA) is 34.6 Å². The van der Waals surface area contributed by atoms with Gasteiger partial charge in [-0.25, -0.2) is 0 Å². The van der Waals surface area contributed by atoms with Gasteiger partial charge in [0.1, 0.15) is 0 Å². The summed E-state index contributed by atoms with van der Waals surface area (Å²) >= 11 is 15.7. The third-order valence-electron chi connectivity index (χ3n) is 6.43. The summed E-state index contributed by atoms with van der Waals surface area (Å²) in [5, 5.41) is 10.9. The van der Waals surface area contributed by atoms with Crippen molar-refractivity contribution in [2.75, 3.05) is 26.7 Å². The summed E-state index contributed by atoms with van der Waals surface area (Å²) in [6.07, 6.45) is 1.08. The van der Waals surface area contributed by atoms with Gasteiger partial charge in [0.15, 0.2) is 0 Å². The first-order valence-electron chi connectivity index (χ1n) is 11.4. The molecule has 0 bridgehead atoms. The fourth-order valence-electron chi connectivity index (χ4n) is 4.00. The molecule has 5 nitrogen and oxygen atoms in total. The fraction of sp³-hybridized carbons (Fsp3) is 0.417. The average molecular weight is 524 g/mol. The summed E-state index contributed by atoms with van der Waals surface area (Å²) in [4.78, 5) is 1.77. The van der Waals surface area contributed by atoms with E-state index >= 15 is 0 Å². The van der Waals surface area contributed by atoms with E-state index in [1.807, 2.05) is 24.3 Å². The molecule has 4 rings (SSSR count). The number of hydrogen-bond donors (Lipinski definition) is 0. The number of fused-ring (bicyclic) bond motifs is 2. The van der Waals surface area contributed by atoms with Crippen LogP contribution >= 0.6 is 45.9 Å². The number of aromatic nitrogens is 2. The molecule has 0 aliphatic heterocycles. The van der Waals surface area contributed by atoms with Gasteiger partial charge in [-0.3, -0.25) is 0 Å². The Morgan fingerprint density at radius 2 is 1.33 bits per heavy atom. The molecule has 0 saturated heterocycles. The standard InChI is InChI=1S/C24H30Cl2N5S2/c1-5-29-19-11-9-17(25)15-21(19)32-23(29)27-28-24-30(13-8-14-31(4,6-2)7-3)20-12-10-18(26)16-22(20)33-24/h9-12,15-16H,5-8,13-14H2,1-4H3/q+1/b27-23-,28-24-. The Kier molecular flexibility index (Phi) is 7.66. The van der Waals surface area contributed by atoms with Gasteiger partial charge >= 0.3 is 0 Å². The van der Waals surface area contributed by atoms with E-state index in [4.69, 9.17) is 33.4 Å². The Morgan fingerprint density at radius 1 is 0.818 bits per heavy atom. The molecule has 9 heteroatoms. The molecule has 4 aromatic rings. The predicted octanol–water partition coefficient (Wildman–Crippen LogP) is 6.34. The van der Waals surface area contributed by atoms with Crippen molar-refractivity contribution >= 4 is 66.3 Å². The minimum atomic E-state index is 0.735. The van der Waals surface area contributed by atoms with Crippen LogP contribution in [0.5, 0.6) is 0 Å². The first-order valence-corrected chi connectivity index (χ1v) is 13.8. The van der Waals surface area contributed by atoms with Gasteiger partial charge in [-0.05, 0) is 57.2 Å². The Labute approximate surface area is 212 Å². The van der Waals surface area contributed by atoms with Crippen molar-refractivity contribution in [3.8, 4) is 0 Å². The molecule has 176 valence electrons. The summed E-state index contributed by atoms with van der Waals surface area (Å²) in [5.74, 6) is 0. The lowest BCUT2D eigenvalue weighted by atomic mass is 10.3. The van der Waals surface area contributed by atoms with E-state index in [9.17, 15) is 0 Å². The Hall–Kier alpha value is -1.64. The van der Waals surface area contributed by atoms with Crippen molar-refractivity contribution in [1.82, 2.24) is 9.13 Å². The van der Waals surface area contributed by atoms with E-state index in [2.05, 4.69) is 49.1 Å². The van der Waals surface area contributed by atoms with E-state index < -0.39 is 0 Å². The van der Waals surface area contributed by atoms with Gasteiger partial charge in [0.2, 0.25) is 9.60 Å². The summed E-state index contributed by atoms with van der Waals surface area (Å²) < 4.78 is 7.79. The minimum Gasteiger partial charge on any atom is -0.326 e. The van der Waals surface area contributed by atoms with E-state index in [0.717, 1.165) is 83.7 Å². The predicted molar refractivity (Wildman–Crippen MR) is 143 cm³/mol. The molecule has 33 heavy (non-hydrogen) atoms. The number of thiazole rings is 2. The smallest absolute Gasteiger partial charge is 0.211 e. The summed E-state index contributed by atoms with van der Waals surface area (Å²) in [7, 11) is 2.33. The van der Waals surface area contributed by atoms with Crippen molar-refractivity contribution in [2.45, 2.75) is 40.3 Å². The molecule has 0 aliphatic rings. The first-order chi connectivity index (χ1) is 15.9. The molecule has 0 amide bonds. The molecule has 0 unspecified atom stereocenters. The molecule has 2 aromatic heterocycles. The second-order valence-electron chi connectivity index (χ2n) is 8.42. The maximum absolute atomic E-state index is 6.28. The van der Waals surface area contributed by atoms with Crippen LogP contribution in [-0.4, -0.2) is 40.3 Å². The van der Waals surface area contributed by atoms with Gasteiger partial charge in [0.25, 0.3) is 0 Å². The van der Waals surface area contributed by atoms with Crippen molar-refractivity contribution < 1.29 is 4.48 Å². The first kappa shape index (κ1) is 24.5. The van der Waals surface area contributed by atoms with Crippen LogP contribution in [0.1, 0.15) is 27.2 Å². The van der Waals surface area contributed by atoms with Crippen LogP contribution in [0.15, 0.2) is 46.6 Å². The van der Waals surface area contributed by atoms with Crippen LogP contribution in [0.3, 0.4) is 0 Å². The number of halogens is 2. The molecule has 0 N–H and O–H groups in total. The van der Waals surface area contributed by atoms with Gasteiger partial charge in [0.05, 0.1) is 47.1 Å². The summed E-state index contributed by atoms with van der Waals surface area (Å²) in [5.41, 5.74) is 2.29. The van der Waals surface area contributed by atoms with Crippen molar-refractivity contribution in [3.05, 3.63) is 56.0 Å². The monoisotopic (exact) mass is 522 g/mol. The van der Waals surface area contributed by atoms with E-state index in [1.165, 1.54) is 0 Å². The van der Waals surface area contributed by atoms with E-state index in [-0.39, 0.29) is 0 Å². The Morgan fingerprint density at radius 3 is 1.85 bits per heavy atom. The Balaban J connectivity index is 1.78. The minimum absolute atomic E-state index is 0.735. The second kappa shape index (κ2) is 10.3. The second-order valence-corrected chi connectivity index (χ2v) is 11.3. The van der Waals surface area contributed by atoms with Gasteiger partial charge in [-0.1, -0.05) is 45.9 Å². The largest absolute Gasteiger partial charge is 0.326 e. The lowest BCUT2D eigenvalue weighted by Crippen LogP contribution is -2.44. The lowest BCUT2D eigenvalue weighted by molar-refractivity contribution is -0.906. The average Bonchev–Trinajstić information content (AvgIpc) is 3.33. The molecule has 0 spiro atoms. The van der Waals surface area contributed by atoms with Crippen LogP contribution < -0.4 is 9.60 Å². The van der Waals surface area contributed by atoms with E-state index in [1.54, 1.807) is 22.7 Å².